The maximum Gasteiger partial charge on any atom is 0.289 e. The Balaban J connectivity index is 0.00000208. The number of carbonyl (C=O) groups is 1. The molecule has 1 aliphatic rings. The van der Waals surface area contributed by atoms with E-state index in [-0.39, 0.29) is 18.3 Å². The monoisotopic (exact) mass is 370 g/mol. The highest BCUT2D eigenvalue weighted by atomic mass is 35.5. The van der Waals surface area contributed by atoms with Crippen molar-refractivity contribution in [2.75, 3.05) is 26.2 Å². The number of fused-ring (bicyclic) bond motifs is 1. The van der Waals surface area contributed by atoms with Crippen molar-refractivity contribution in [3.8, 4) is 0 Å². The van der Waals surface area contributed by atoms with Crippen LogP contribution in [0.3, 0.4) is 0 Å². The molecule has 6 heteroatoms. The second-order valence-electron chi connectivity index (χ2n) is 6.22. The molecule has 0 radical (unpaired) electrons. The molecule has 0 atom stereocenters. The van der Waals surface area contributed by atoms with E-state index in [1.807, 2.05) is 24.0 Å². The number of para-hydroxylation sites is 1. The summed E-state index contributed by atoms with van der Waals surface area (Å²) in [5.74, 6) is 1.07. The van der Waals surface area contributed by atoms with Crippen molar-refractivity contribution in [1.29, 1.82) is 0 Å². The zero-order valence-corrected chi connectivity index (χ0v) is 15.7. The number of rotatable bonds is 4. The Morgan fingerprint density at radius 2 is 2.08 bits per heavy atom. The third kappa shape index (κ3) is 3.71. The Kier molecular flexibility index (Phi) is 6.55. The SMILES string of the molecule is CCNCC1CCN(C(=O)c2oc3c(Cl)cccc3c2C)CC1.Cl. The van der Waals surface area contributed by atoms with Gasteiger partial charge in [-0.25, -0.2) is 0 Å². The largest absolute Gasteiger partial charge is 0.449 e. The van der Waals surface area contributed by atoms with E-state index in [2.05, 4.69) is 12.2 Å². The van der Waals surface area contributed by atoms with Crippen LogP contribution in [0.1, 0.15) is 35.9 Å². The number of nitrogens with one attached hydrogen (secondary N) is 1. The molecule has 2 aromatic rings. The van der Waals surface area contributed by atoms with E-state index >= 15 is 0 Å². The van der Waals surface area contributed by atoms with Crippen LogP contribution in [0, 0.1) is 12.8 Å². The number of furan rings is 1. The van der Waals surface area contributed by atoms with E-state index in [0.717, 1.165) is 50.0 Å². The van der Waals surface area contributed by atoms with Crippen LogP contribution in [0.5, 0.6) is 0 Å². The normalized spacial score (nSPS) is 15.5. The van der Waals surface area contributed by atoms with Gasteiger partial charge in [0.2, 0.25) is 0 Å². The van der Waals surface area contributed by atoms with Crippen molar-refractivity contribution in [3.63, 3.8) is 0 Å². The summed E-state index contributed by atoms with van der Waals surface area (Å²) in [5.41, 5.74) is 1.49. The van der Waals surface area contributed by atoms with Gasteiger partial charge in [0.15, 0.2) is 11.3 Å². The van der Waals surface area contributed by atoms with E-state index in [1.165, 1.54) is 0 Å². The van der Waals surface area contributed by atoms with E-state index in [1.54, 1.807) is 6.07 Å². The first-order chi connectivity index (χ1) is 11.1. The van der Waals surface area contributed by atoms with Gasteiger partial charge in [0.05, 0.1) is 5.02 Å². The van der Waals surface area contributed by atoms with Gasteiger partial charge in [-0.1, -0.05) is 30.7 Å². The first-order valence-electron chi connectivity index (χ1n) is 8.29. The summed E-state index contributed by atoms with van der Waals surface area (Å²) in [6, 6.07) is 5.61. The van der Waals surface area contributed by atoms with Crippen LogP contribution in [0.25, 0.3) is 11.0 Å². The van der Waals surface area contributed by atoms with Gasteiger partial charge in [0.1, 0.15) is 0 Å². The number of carbonyl (C=O) groups excluding carboxylic acids is 1. The molecule has 0 aliphatic carbocycles. The lowest BCUT2D eigenvalue weighted by Gasteiger charge is -2.31. The predicted molar refractivity (Wildman–Crippen MR) is 100 cm³/mol. The van der Waals surface area contributed by atoms with Crippen molar-refractivity contribution in [1.82, 2.24) is 10.2 Å². The summed E-state index contributed by atoms with van der Waals surface area (Å²) in [6.45, 7) is 7.66. The van der Waals surface area contributed by atoms with Crippen molar-refractivity contribution >= 4 is 40.9 Å². The summed E-state index contributed by atoms with van der Waals surface area (Å²) >= 11 is 6.17. The van der Waals surface area contributed by atoms with Crippen molar-refractivity contribution in [2.45, 2.75) is 26.7 Å². The Bertz CT molecular complexity index is 706. The zero-order chi connectivity index (χ0) is 16.4. The van der Waals surface area contributed by atoms with Crippen LogP contribution in [-0.4, -0.2) is 37.0 Å². The number of hydrogen-bond acceptors (Lipinski definition) is 3. The van der Waals surface area contributed by atoms with Crippen molar-refractivity contribution in [3.05, 3.63) is 34.5 Å². The van der Waals surface area contributed by atoms with Gasteiger partial charge in [-0.15, -0.1) is 12.4 Å². The molecular weight excluding hydrogens is 347 g/mol. The first kappa shape index (κ1) is 19.1. The molecular formula is C18H24Cl2N2O2. The number of likely N-dealkylation sites (tertiary alicyclic amines) is 1. The highest BCUT2D eigenvalue weighted by molar-refractivity contribution is 6.35. The van der Waals surface area contributed by atoms with E-state index in [9.17, 15) is 4.79 Å². The lowest BCUT2D eigenvalue weighted by atomic mass is 9.96. The van der Waals surface area contributed by atoms with Crippen LogP contribution in [0.2, 0.25) is 5.02 Å². The molecule has 132 valence electrons. The fourth-order valence-electron chi connectivity index (χ4n) is 3.25. The fourth-order valence-corrected chi connectivity index (χ4v) is 3.46. The quantitative estimate of drug-likeness (QED) is 0.873. The molecule has 0 unspecified atom stereocenters. The minimum atomic E-state index is -0.0170. The van der Waals surface area contributed by atoms with Gasteiger partial charge in [-0.05, 0) is 44.8 Å². The molecule has 0 bridgehead atoms. The minimum Gasteiger partial charge on any atom is -0.449 e. The number of benzene rings is 1. The molecule has 3 rings (SSSR count). The Labute approximate surface area is 153 Å². The van der Waals surface area contributed by atoms with Gasteiger partial charge in [-0.2, -0.15) is 0 Å². The van der Waals surface area contributed by atoms with Crippen LogP contribution in [-0.2, 0) is 0 Å². The standard InChI is InChI=1S/C18H23ClN2O2.ClH/c1-3-20-11-13-7-9-21(10-8-13)18(22)16-12(2)14-5-4-6-15(19)17(14)23-16;/h4-6,13,20H,3,7-11H2,1-2H3;1H. The lowest BCUT2D eigenvalue weighted by molar-refractivity contribution is 0.0659. The number of aryl methyl sites for hydroxylation is 1. The number of piperidine rings is 1. The molecule has 4 nitrogen and oxygen atoms in total. The van der Waals surface area contributed by atoms with Crippen LogP contribution < -0.4 is 5.32 Å². The van der Waals surface area contributed by atoms with E-state index < -0.39 is 0 Å². The summed E-state index contributed by atoms with van der Waals surface area (Å²) in [7, 11) is 0. The van der Waals surface area contributed by atoms with Crippen molar-refractivity contribution < 1.29 is 9.21 Å². The summed E-state index contributed by atoms with van der Waals surface area (Å²) < 4.78 is 5.80. The van der Waals surface area contributed by atoms with Crippen LogP contribution >= 0.6 is 24.0 Å². The van der Waals surface area contributed by atoms with Gasteiger partial charge in [0.25, 0.3) is 5.91 Å². The smallest absolute Gasteiger partial charge is 0.289 e. The number of amides is 1. The summed E-state index contributed by atoms with van der Waals surface area (Å²) in [6.07, 6.45) is 2.08. The minimum absolute atomic E-state index is 0. The molecule has 1 aromatic carbocycles. The van der Waals surface area contributed by atoms with Gasteiger partial charge in [0, 0.05) is 24.0 Å². The molecule has 1 aliphatic heterocycles. The highest BCUT2D eigenvalue weighted by Crippen LogP contribution is 2.32. The summed E-state index contributed by atoms with van der Waals surface area (Å²) in [4.78, 5) is 14.7. The number of nitrogens with zero attached hydrogens (tertiary/aromatic N) is 1. The molecule has 1 aromatic heterocycles. The van der Waals surface area contributed by atoms with Crippen LogP contribution in [0.4, 0.5) is 0 Å². The molecule has 1 fully saturated rings. The third-order valence-corrected chi connectivity index (χ3v) is 4.99. The van der Waals surface area contributed by atoms with Gasteiger partial charge in [-0.3, -0.25) is 4.79 Å². The van der Waals surface area contributed by atoms with E-state index in [4.69, 9.17) is 16.0 Å². The first-order valence-corrected chi connectivity index (χ1v) is 8.67. The van der Waals surface area contributed by atoms with Gasteiger partial charge >= 0.3 is 0 Å². The fraction of sp³-hybridized carbons (Fsp3) is 0.500. The predicted octanol–water partition coefficient (Wildman–Crippen LogP) is 4.28. The Morgan fingerprint density at radius 1 is 1.38 bits per heavy atom. The Hall–Kier alpha value is -1.23. The molecule has 24 heavy (non-hydrogen) atoms. The molecule has 1 saturated heterocycles. The maximum atomic E-state index is 12.8. The van der Waals surface area contributed by atoms with Gasteiger partial charge < -0.3 is 14.6 Å². The third-order valence-electron chi connectivity index (χ3n) is 4.69. The molecule has 2 heterocycles. The van der Waals surface area contributed by atoms with Crippen molar-refractivity contribution in [2.24, 2.45) is 5.92 Å². The average Bonchev–Trinajstić information content (AvgIpc) is 2.91. The lowest BCUT2D eigenvalue weighted by Crippen LogP contribution is -2.40. The summed E-state index contributed by atoms with van der Waals surface area (Å²) in [5, 5.41) is 4.86. The molecule has 0 saturated carbocycles. The zero-order valence-electron chi connectivity index (χ0n) is 14.1. The maximum absolute atomic E-state index is 12.8. The topological polar surface area (TPSA) is 45.5 Å². The number of halogens is 2. The second kappa shape index (κ2) is 8.24. The molecule has 1 N–H and O–H groups in total. The molecule has 0 spiro atoms. The average molecular weight is 371 g/mol. The number of hydrogen-bond donors (Lipinski definition) is 1. The highest BCUT2D eigenvalue weighted by Gasteiger charge is 2.27. The Morgan fingerprint density at radius 3 is 2.71 bits per heavy atom. The van der Waals surface area contributed by atoms with E-state index in [0.29, 0.717) is 22.3 Å². The van der Waals surface area contributed by atoms with Crippen LogP contribution in [0.15, 0.2) is 22.6 Å². The molecule has 1 amide bonds. The second-order valence-corrected chi connectivity index (χ2v) is 6.62.